The Kier molecular flexibility index (Phi) is 5.21. The quantitative estimate of drug-likeness (QED) is 0.756. The zero-order chi connectivity index (χ0) is 16.1. The van der Waals surface area contributed by atoms with E-state index in [1.165, 1.54) is 0 Å². The summed E-state index contributed by atoms with van der Waals surface area (Å²) in [7, 11) is 0. The molecule has 0 spiro atoms. The number of rotatable bonds is 4. The third-order valence-corrected chi connectivity index (χ3v) is 3.40. The van der Waals surface area contributed by atoms with Gasteiger partial charge in [-0.1, -0.05) is 43.1 Å². The van der Waals surface area contributed by atoms with Crippen molar-refractivity contribution < 1.29 is 18.7 Å². The third kappa shape index (κ3) is 3.67. The van der Waals surface area contributed by atoms with Crippen molar-refractivity contribution in [2.75, 3.05) is 10.8 Å². The number of nitrogens with zero attached hydrogens (tertiary/aromatic N) is 1. The number of thiol groups is 1. The molecule has 0 aliphatic rings. The summed E-state index contributed by atoms with van der Waals surface area (Å²) in [5.74, 6) is -3.59. The van der Waals surface area contributed by atoms with Crippen molar-refractivity contribution in [3.63, 3.8) is 0 Å². The molecule has 7 heteroatoms. The van der Waals surface area contributed by atoms with Crippen molar-refractivity contribution in [1.29, 1.82) is 0 Å². The Morgan fingerprint density at radius 3 is 2.55 bits per heavy atom. The number of carbonyl (C=O) groups is 1. The van der Waals surface area contributed by atoms with Gasteiger partial charge >= 0.3 is 6.03 Å². The Bertz CT molecular complexity index is 668. The monoisotopic (exact) mass is 324 g/mol. The summed E-state index contributed by atoms with van der Waals surface area (Å²) >= 11 is 3.90. The van der Waals surface area contributed by atoms with Gasteiger partial charge in [-0.3, -0.25) is 0 Å². The highest BCUT2D eigenvalue weighted by molar-refractivity contribution is 7.82. The van der Waals surface area contributed by atoms with E-state index < -0.39 is 23.4 Å². The van der Waals surface area contributed by atoms with Crippen molar-refractivity contribution in [2.45, 2.75) is 6.42 Å². The van der Waals surface area contributed by atoms with Gasteiger partial charge < -0.3 is 10.4 Å². The molecule has 2 N–H and O–H groups in total. The molecule has 0 bridgehead atoms. The lowest BCUT2D eigenvalue weighted by Crippen LogP contribution is -2.35. The number of halogens is 2. The van der Waals surface area contributed by atoms with Crippen LogP contribution in [-0.2, 0) is 6.42 Å². The molecule has 2 aromatic carbocycles. The number of amides is 2. The molecule has 0 atom stereocenters. The molecule has 0 heterocycles. The van der Waals surface area contributed by atoms with Gasteiger partial charge in [0, 0.05) is 6.54 Å². The fourth-order valence-corrected chi connectivity index (χ4v) is 2.08. The average Bonchev–Trinajstić information content (AvgIpc) is 2.53. The number of hydrogen-bond donors (Lipinski definition) is 3. The van der Waals surface area contributed by atoms with E-state index in [4.69, 9.17) is 0 Å². The van der Waals surface area contributed by atoms with Gasteiger partial charge in [-0.2, -0.15) is 4.39 Å². The number of urea groups is 1. The van der Waals surface area contributed by atoms with E-state index in [-0.39, 0.29) is 5.69 Å². The molecule has 116 valence electrons. The SMILES string of the molecule is O=C(NCCc1ccccc1)N(S)c1ccc(F)c(F)c1O. The van der Waals surface area contributed by atoms with Crippen molar-refractivity contribution >= 4 is 24.5 Å². The number of phenols is 1. The molecule has 2 rings (SSSR count). The number of phenolic OH excluding ortho intramolecular Hbond substituents is 1. The number of anilines is 1. The smallest absolute Gasteiger partial charge is 0.332 e. The second-order valence-corrected chi connectivity index (χ2v) is 4.91. The molecule has 4 nitrogen and oxygen atoms in total. The van der Waals surface area contributed by atoms with Crippen LogP contribution in [0.15, 0.2) is 42.5 Å². The van der Waals surface area contributed by atoms with Crippen LogP contribution in [-0.4, -0.2) is 17.7 Å². The van der Waals surface area contributed by atoms with Crippen molar-refractivity contribution in [3.05, 3.63) is 59.7 Å². The molecular formula is C15H14F2N2O2S. The van der Waals surface area contributed by atoms with Gasteiger partial charge in [0.1, 0.15) is 5.69 Å². The molecule has 0 aliphatic heterocycles. The van der Waals surface area contributed by atoms with Crippen molar-refractivity contribution in [3.8, 4) is 5.75 Å². The molecule has 2 amide bonds. The maximum atomic E-state index is 13.3. The van der Waals surface area contributed by atoms with Crippen LogP contribution in [0.3, 0.4) is 0 Å². The Hall–Kier alpha value is -2.28. The predicted octanol–water partition coefficient (Wildman–Crippen LogP) is 3.27. The molecule has 0 aliphatic carbocycles. The number of aromatic hydroxyl groups is 1. The van der Waals surface area contributed by atoms with E-state index in [0.717, 1.165) is 22.0 Å². The highest BCUT2D eigenvalue weighted by Gasteiger charge is 2.20. The molecule has 2 aromatic rings. The topological polar surface area (TPSA) is 52.6 Å². The third-order valence-electron chi connectivity index (χ3n) is 3.00. The fraction of sp³-hybridized carbons (Fsp3) is 0.133. The van der Waals surface area contributed by atoms with Gasteiger partial charge in [0.15, 0.2) is 11.6 Å². The maximum absolute atomic E-state index is 13.3. The summed E-state index contributed by atoms with van der Waals surface area (Å²) in [6, 6.07) is 10.7. The average molecular weight is 324 g/mol. The van der Waals surface area contributed by atoms with E-state index in [1.54, 1.807) is 0 Å². The Labute approximate surface area is 131 Å². The first-order valence-corrected chi connectivity index (χ1v) is 6.88. The second-order valence-electron chi connectivity index (χ2n) is 4.51. The number of nitrogens with one attached hydrogen (secondary N) is 1. The van der Waals surface area contributed by atoms with Gasteiger partial charge in [0.2, 0.25) is 5.82 Å². The predicted molar refractivity (Wildman–Crippen MR) is 83.0 cm³/mol. The molecule has 0 aromatic heterocycles. The van der Waals surface area contributed by atoms with E-state index in [2.05, 4.69) is 18.1 Å². The summed E-state index contributed by atoms with van der Waals surface area (Å²) in [6.45, 7) is 0.338. The van der Waals surface area contributed by atoms with Crippen LogP contribution >= 0.6 is 12.8 Å². The van der Waals surface area contributed by atoms with Gasteiger partial charge in [0.05, 0.1) is 0 Å². The normalized spacial score (nSPS) is 10.3. The minimum atomic E-state index is -1.42. The van der Waals surface area contributed by atoms with E-state index in [9.17, 15) is 18.7 Å². The van der Waals surface area contributed by atoms with Gasteiger partial charge in [-0.05, 0) is 24.1 Å². The highest BCUT2D eigenvalue weighted by Crippen LogP contribution is 2.32. The van der Waals surface area contributed by atoms with Crippen molar-refractivity contribution in [2.24, 2.45) is 0 Å². The zero-order valence-electron chi connectivity index (χ0n) is 11.5. The molecular weight excluding hydrogens is 310 g/mol. The molecule has 0 unspecified atom stereocenters. The first kappa shape index (κ1) is 16.1. The first-order valence-electron chi connectivity index (χ1n) is 6.48. The standard InChI is InChI=1S/C15H14F2N2O2S/c16-11-6-7-12(14(20)13(11)17)19(22)15(21)18-9-8-10-4-2-1-3-5-10/h1-7,20,22H,8-9H2,(H,18,21). The van der Waals surface area contributed by atoms with Crippen LogP contribution in [0.5, 0.6) is 5.75 Å². The van der Waals surface area contributed by atoms with E-state index in [1.807, 2.05) is 30.3 Å². The lowest BCUT2D eigenvalue weighted by Gasteiger charge is -2.18. The molecule has 0 fully saturated rings. The zero-order valence-corrected chi connectivity index (χ0v) is 12.4. The van der Waals surface area contributed by atoms with Crippen LogP contribution in [0.25, 0.3) is 0 Å². The second kappa shape index (κ2) is 7.13. The fourth-order valence-electron chi connectivity index (χ4n) is 1.84. The van der Waals surface area contributed by atoms with E-state index in [0.29, 0.717) is 13.0 Å². The van der Waals surface area contributed by atoms with Crippen LogP contribution in [0.1, 0.15) is 5.56 Å². The van der Waals surface area contributed by atoms with Crippen LogP contribution in [0, 0.1) is 11.6 Å². The lowest BCUT2D eigenvalue weighted by molar-refractivity contribution is 0.250. The van der Waals surface area contributed by atoms with Crippen molar-refractivity contribution in [1.82, 2.24) is 5.32 Å². The first-order chi connectivity index (χ1) is 10.5. The number of hydrogen-bond acceptors (Lipinski definition) is 3. The van der Waals surface area contributed by atoms with E-state index >= 15 is 0 Å². The van der Waals surface area contributed by atoms with Crippen LogP contribution in [0.2, 0.25) is 0 Å². The Balaban J connectivity index is 1.96. The summed E-state index contributed by atoms with van der Waals surface area (Å²) < 4.78 is 26.9. The molecule has 0 saturated carbocycles. The highest BCUT2D eigenvalue weighted by atomic mass is 32.1. The van der Waals surface area contributed by atoms with Gasteiger partial charge in [-0.25, -0.2) is 13.5 Å². The van der Waals surface area contributed by atoms with Gasteiger partial charge in [0.25, 0.3) is 0 Å². The van der Waals surface area contributed by atoms with Crippen LogP contribution in [0.4, 0.5) is 19.3 Å². The summed E-state index contributed by atoms with van der Waals surface area (Å²) in [5, 5.41) is 12.1. The molecule has 0 saturated heterocycles. The summed E-state index contributed by atoms with van der Waals surface area (Å²) in [4.78, 5) is 11.9. The molecule has 0 radical (unpaired) electrons. The summed E-state index contributed by atoms with van der Waals surface area (Å²) in [5.41, 5.74) is 0.809. The maximum Gasteiger partial charge on any atom is 0.332 e. The minimum absolute atomic E-state index is 0.237. The number of benzene rings is 2. The Morgan fingerprint density at radius 1 is 1.18 bits per heavy atom. The Morgan fingerprint density at radius 2 is 1.86 bits per heavy atom. The summed E-state index contributed by atoms with van der Waals surface area (Å²) in [6.07, 6.45) is 0.609. The lowest BCUT2D eigenvalue weighted by atomic mass is 10.1. The molecule has 22 heavy (non-hydrogen) atoms. The largest absolute Gasteiger partial charge is 0.503 e. The number of carbonyl (C=O) groups excluding carboxylic acids is 1. The van der Waals surface area contributed by atoms with Gasteiger partial charge in [-0.15, -0.1) is 0 Å². The minimum Gasteiger partial charge on any atom is -0.503 e. The van der Waals surface area contributed by atoms with Crippen LogP contribution < -0.4 is 9.62 Å².